The third-order valence-electron chi connectivity index (χ3n) is 0.780. The molecule has 0 rings (SSSR count). The second-order valence-corrected chi connectivity index (χ2v) is 2.16. The molecule has 0 aromatic carbocycles. The van der Waals surface area contributed by atoms with Gasteiger partial charge in [-0.25, -0.2) is 4.79 Å². The van der Waals surface area contributed by atoms with Gasteiger partial charge in [0.2, 0.25) is 0 Å². The lowest BCUT2D eigenvalue weighted by Gasteiger charge is -2.08. The molecule has 6 heteroatoms. The zero-order chi connectivity index (χ0) is 7.98. The first-order valence-corrected chi connectivity index (χ1v) is 3.63. The van der Waals surface area contributed by atoms with Gasteiger partial charge in [0.1, 0.15) is 0 Å². The minimum absolute atomic E-state index is 0.218. The topological polar surface area (TPSA) is 59.0 Å². The van der Waals surface area contributed by atoms with Crippen LogP contribution in [0, 0.1) is 4.91 Å². The molecule has 58 valence electrons. The van der Waals surface area contributed by atoms with Crippen molar-refractivity contribution in [2.45, 2.75) is 0 Å². The molecule has 0 fully saturated rings. The van der Waals surface area contributed by atoms with Crippen molar-refractivity contribution in [2.75, 3.05) is 19.0 Å². The Labute approximate surface area is 66.4 Å². The molecule has 10 heavy (non-hydrogen) atoms. The largest absolute Gasteiger partial charge is 0.451 e. The van der Waals surface area contributed by atoms with E-state index >= 15 is 0 Å². The second kappa shape index (κ2) is 5.16. The first-order valence-electron chi connectivity index (χ1n) is 2.51. The van der Waals surface area contributed by atoms with Crippen LogP contribution < -0.4 is 0 Å². The van der Waals surface area contributed by atoms with E-state index in [9.17, 15) is 9.70 Å². The van der Waals surface area contributed by atoms with Crippen LogP contribution >= 0.6 is 15.9 Å². The molecule has 0 unspecified atom stereocenters. The summed E-state index contributed by atoms with van der Waals surface area (Å²) in [4.78, 5) is 20.4. The van der Waals surface area contributed by atoms with Crippen LogP contribution in [0.5, 0.6) is 0 Å². The molecule has 0 aliphatic carbocycles. The van der Waals surface area contributed by atoms with Gasteiger partial charge in [0, 0.05) is 5.33 Å². The van der Waals surface area contributed by atoms with Gasteiger partial charge in [0.25, 0.3) is 0 Å². The number of carbonyl (C=O) groups excluding carboxylic acids is 1. The van der Waals surface area contributed by atoms with E-state index in [1.54, 1.807) is 0 Å². The van der Waals surface area contributed by atoms with E-state index < -0.39 is 6.09 Å². The average Bonchev–Trinajstić information content (AvgIpc) is 1.99. The lowest BCUT2D eigenvalue weighted by Crippen LogP contribution is -2.26. The Balaban J connectivity index is 3.80. The first kappa shape index (κ1) is 9.35. The lowest BCUT2D eigenvalue weighted by molar-refractivity contribution is 0.127. The number of nitrogens with zero attached hydrogens (tertiary/aromatic N) is 2. The SMILES string of the molecule is COC(=O)N(CCBr)N=O. The predicted octanol–water partition coefficient (Wildman–Crippen LogP) is 1.13. The Bertz CT molecular complexity index is 130. The molecule has 5 nitrogen and oxygen atoms in total. The number of methoxy groups -OCH3 is 1. The Hall–Kier alpha value is -0.650. The highest BCUT2D eigenvalue weighted by molar-refractivity contribution is 9.09. The highest BCUT2D eigenvalue weighted by Crippen LogP contribution is 1.94. The molecule has 1 amide bonds. The number of ether oxygens (including phenoxy) is 1. The molecule has 0 saturated heterocycles. The van der Waals surface area contributed by atoms with Gasteiger partial charge in [-0.05, 0) is 0 Å². The fourth-order valence-corrected chi connectivity index (χ4v) is 0.687. The van der Waals surface area contributed by atoms with E-state index in [0.29, 0.717) is 10.3 Å². The number of rotatable bonds is 3. The van der Waals surface area contributed by atoms with Crippen molar-refractivity contribution in [1.82, 2.24) is 5.01 Å². The van der Waals surface area contributed by atoms with Crippen molar-refractivity contribution >= 4 is 22.0 Å². The van der Waals surface area contributed by atoms with Crippen molar-refractivity contribution in [2.24, 2.45) is 5.29 Å². The smallest absolute Gasteiger partial charge is 0.432 e. The molecule has 0 heterocycles. The summed E-state index contributed by atoms with van der Waals surface area (Å²) in [6, 6.07) is 0. The fraction of sp³-hybridized carbons (Fsp3) is 0.750. The Morgan fingerprint density at radius 3 is 2.70 bits per heavy atom. The van der Waals surface area contributed by atoms with Crippen LogP contribution in [0.3, 0.4) is 0 Å². The van der Waals surface area contributed by atoms with Crippen molar-refractivity contribution < 1.29 is 9.53 Å². The van der Waals surface area contributed by atoms with Crippen LogP contribution in [-0.4, -0.2) is 30.1 Å². The summed E-state index contributed by atoms with van der Waals surface area (Å²) in [6.07, 6.45) is -0.741. The monoisotopic (exact) mass is 210 g/mol. The Kier molecular flexibility index (Phi) is 4.82. The molecule has 0 aromatic heterocycles. The number of amides is 1. The summed E-state index contributed by atoms with van der Waals surface area (Å²) in [5.74, 6) is 0. The summed E-state index contributed by atoms with van der Waals surface area (Å²) in [7, 11) is 1.19. The van der Waals surface area contributed by atoms with E-state index in [-0.39, 0.29) is 6.54 Å². The van der Waals surface area contributed by atoms with Gasteiger partial charge in [0.05, 0.1) is 18.9 Å². The lowest BCUT2D eigenvalue weighted by atomic mass is 10.7. The van der Waals surface area contributed by atoms with Crippen LogP contribution in [0.2, 0.25) is 0 Å². The van der Waals surface area contributed by atoms with Crippen LogP contribution in [0.4, 0.5) is 4.79 Å². The highest BCUT2D eigenvalue weighted by atomic mass is 79.9. The second-order valence-electron chi connectivity index (χ2n) is 1.36. The number of halogens is 1. The number of hydrogen-bond donors (Lipinski definition) is 0. The molecule has 0 spiro atoms. The Morgan fingerprint density at radius 2 is 2.40 bits per heavy atom. The maximum Gasteiger partial charge on any atom is 0.432 e. The maximum absolute atomic E-state index is 10.5. The summed E-state index contributed by atoms with van der Waals surface area (Å²) < 4.78 is 4.23. The fourth-order valence-electron chi connectivity index (χ4n) is 0.351. The molecule has 0 radical (unpaired) electrons. The summed E-state index contributed by atoms with van der Waals surface area (Å²) in [5.41, 5.74) is 0. The zero-order valence-electron chi connectivity index (χ0n) is 5.41. The average molecular weight is 211 g/mol. The zero-order valence-corrected chi connectivity index (χ0v) is 7.00. The number of nitroso groups, excluding NO2 is 1. The van der Waals surface area contributed by atoms with E-state index in [0.717, 1.165) is 0 Å². The van der Waals surface area contributed by atoms with Gasteiger partial charge >= 0.3 is 6.09 Å². The van der Waals surface area contributed by atoms with E-state index in [2.05, 4.69) is 26.0 Å². The van der Waals surface area contributed by atoms with Crippen molar-refractivity contribution in [3.05, 3.63) is 4.91 Å². The number of hydrogen-bond acceptors (Lipinski definition) is 4. The maximum atomic E-state index is 10.5. The molecule has 0 aromatic rings. The van der Waals surface area contributed by atoms with Gasteiger partial charge in [0.15, 0.2) is 0 Å². The van der Waals surface area contributed by atoms with Gasteiger partial charge in [-0.3, -0.25) is 0 Å². The summed E-state index contributed by atoms with van der Waals surface area (Å²) in [6.45, 7) is 0.218. The third kappa shape index (κ3) is 2.77. The van der Waals surface area contributed by atoms with Crippen molar-refractivity contribution in [3.8, 4) is 0 Å². The molecule has 0 atom stereocenters. The van der Waals surface area contributed by atoms with E-state index in [1.807, 2.05) is 0 Å². The minimum atomic E-state index is -0.741. The van der Waals surface area contributed by atoms with E-state index in [4.69, 9.17) is 0 Å². The molecule has 0 aliphatic rings. The molecule has 0 N–H and O–H groups in total. The summed E-state index contributed by atoms with van der Waals surface area (Å²) in [5, 5.41) is 3.61. The highest BCUT2D eigenvalue weighted by Gasteiger charge is 2.11. The molecule has 0 bridgehead atoms. The predicted molar refractivity (Wildman–Crippen MR) is 38.7 cm³/mol. The van der Waals surface area contributed by atoms with Gasteiger partial charge in [-0.2, -0.15) is 5.01 Å². The van der Waals surface area contributed by atoms with Gasteiger partial charge < -0.3 is 4.74 Å². The standard InChI is InChI=1S/C4H7BrN2O3/c1-10-4(8)7(6-9)3-2-5/h2-3H2,1H3. The van der Waals surface area contributed by atoms with Crippen LogP contribution in [0.25, 0.3) is 0 Å². The quantitative estimate of drug-likeness (QED) is 0.399. The van der Waals surface area contributed by atoms with Gasteiger partial charge in [-0.1, -0.05) is 15.9 Å². The van der Waals surface area contributed by atoms with Crippen LogP contribution in [0.1, 0.15) is 0 Å². The van der Waals surface area contributed by atoms with Crippen LogP contribution in [-0.2, 0) is 4.74 Å². The van der Waals surface area contributed by atoms with Crippen molar-refractivity contribution in [1.29, 1.82) is 0 Å². The normalized spacial score (nSPS) is 8.60. The third-order valence-corrected chi connectivity index (χ3v) is 1.13. The molecule has 0 saturated carbocycles. The number of carbonyl (C=O) groups is 1. The van der Waals surface area contributed by atoms with Gasteiger partial charge in [-0.15, -0.1) is 4.91 Å². The first-order chi connectivity index (χ1) is 4.76. The molecular weight excluding hydrogens is 204 g/mol. The van der Waals surface area contributed by atoms with E-state index in [1.165, 1.54) is 7.11 Å². The summed E-state index contributed by atoms with van der Waals surface area (Å²) >= 11 is 3.04. The molecular formula is C4H7BrN2O3. The minimum Gasteiger partial charge on any atom is -0.451 e. The molecule has 0 aliphatic heterocycles. The Morgan fingerprint density at radius 1 is 1.80 bits per heavy atom. The number of alkyl halides is 1. The van der Waals surface area contributed by atoms with Crippen molar-refractivity contribution in [3.63, 3.8) is 0 Å². The van der Waals surface area contributed by atoms with Crippen LogP contribution in [0.15, 0.2) is 5.29 Å².